The van der Waals surface area contributed by atoms with Gasteiger partial charge in [0, 0.05) is 6.42 Å². The summed E-state index contributed by atoms with van der Waals surface area (Å²) in [4.78, 5) is 9.81. The van der Waals surface area contributed by atoms with E-state index < -0.39 is 5.97 Å². The maximum Gasteiger partial charge on any atom is 0.303 e. The predicted octanol–water partition coefficient (Wildman–Crippen LogP) is 4.98. The molecule has 1 aliphatic carbocycles. The van der Waals surface area contributed by atoms with Crippen LogP contribution in [-0.2, 0) is 4.79 Å². The zero-order valence-electron chi connectivity index (χ0n) is 13.3. The van der Waals surface area contributed by atoms with E-state index in [2.05, 4.69) is 34.6 Å². The molecule has 2 nitrogen and oxygen atoms in total. The van der Waals surface area contributed by atoms with Gasteiger partial charge in [-0.15, -0.1) is 0 Å². The molecule has 0 atom stereocenters. The van der Waals surface area contributed by atoms with Gasteiger partial charge in [0.2, 0.25) is 0 Å². The molecule has 1 aliphatic rings. The summed E-state index contributed by atoms with van der Waals surface area (Å²) in [5.41, 5.74) is 1.17. The molecular weight excluding hydrogens is 224 g/mol. The Labute approximate surface area is 113 Å². The molecule has 0 aromatic rings. The molecule has 0 aliphatic heterocycles. The summed E-state index contributed by atoms with van der Waals surface area (Å²) in [5, 5.41) is 8.08. The number of hydrogen-bond donors (Lipinski definition) is 1. The Bertz CT molecular complexity index is 248. The summed E-state index contributed by atoms with van der Waals surface area (Å²) in [5.74, 6) is 0.487. The van der Waals surface area contributed by atoms with Gasteiger partial charge in [-0.1, -0.05) is 48.5 Å². The molecule has 1 saturated carbocycles. The Morgan fingerprint density at radius 3 is 1.72 bits per heavy atom. The largest absolute Gasteiger partial charge is 0.481 e. The Hall–Kier alpha value is -0.530. The average Bonchev–Trinajstić information content (AvgIpc) is 1.92. The Kier molecular flexibility index (Phi) is 6.39. The van der Waals surface area contributed by atoms with Crippen molar-refractivity contribution in [2.24, 2.45) is 22.7 Å². The highest BCUT2D eigenvalue weighted by atomic mass is 16.4. The molecule has 0 unspecified atom stereocenters. The topological polar surface area (TPSA) is 37.3 Å². The van der Waals surface area contributed by atoms with E-state index in [1.54, 1.807) is 0 Å². The molecule has 0 radical (unpaired) electrons. The maximum atomic E-state index is 9.81. The highest BCUT2D eigenvalue weighted by Gasteiger charge is 2.36. The van der Waals surface area contributed by atoms with Gasteiger partial charge in [-0.3, -0.25) is 4.79 Å². The minimum Gasteiger partial charge on any atom is -0.481 e. The SMILES string of the molecule is CC(C)CC(=O)O.CC1CC(C)(C)CC(C)(C)C1. The van der Waals surface area contributed by atoms with Crippen LogP contribution in [0.15, 0.2) is 0 Å². The van der Waals surface area contributed by atoms with Crippen LogP contribution in [0.3, 0.4) is 0 Å². The standard InChI is InChI=1S/C11H22.C5H10O2/c1-9-6-10(2,3)8-11(4,5)7-9;1-4(2)3-5(6)7/h9H,6-8H2,1-5H3;4H,3H2,1-2H3,(H,6,7). The molecule has 0 spiro atoms. The lowest BCUT2D eigenvalue weighted by molar-refractivity contribution is -0.137. The monoisotopic (exact) mass is 256 g/mol. The second-order valence-electron chi connectivity index (χ2n) is 8.01. The van der Waals surface area contributed by atoms with Crippen molar-refractivity contribution in [2.75, 3.05) is 0 Å². The fourth-order valence-electron chi connectivity index (χ4n) is 3.75. The first-order valence-electron chi connectivity index (χ1n) is 7.15. The smallest absolute Gasteiger partial charge is 0.303 e. The zero-order chi connectivity index (χ0) is 14.6. The van der Waals surface area contributed by atoms with E-state index in [4.69, 9.17) is 5.11 Å². The second kappa shape index (κ2) is 6.58. The molecule has 0 amide bonds. The van der Waals surface area contributed by atoms with E-state index in [1.807, 2.05) is 13.8 Å². The predicted molar refractivity (Wildman–Crippen MR) is 77.7 cm³/mol. The highest BCUT2D eigenvalue weighted by Crippen LogP contribution is 2.47. The fraction of sp³-hybridized carbons (Fsp3) is 0.938. The summed E-state index contributed by atoms with van der Waals surface area (Å²) >= 11 is 0. The van der Waals surface area contributed by atoms with Crippen LogP contribution >= 0.6 is 0 Å². The van der Waals surface area contributed by atoms with Crippen molar-refractivity contribution >= 4 is 5.97 Å². The lowest BCUT2D eigenvalue weighted by Gasteiger charge is -2.44. The van der Waals surface area contributed by atoms with E-state index in [0.29, 0.717) is 10.8 Å². The molecule has 1 N–H and O–H groups in total. The molecule has 1 fully saturated rings. The van der Waals surface area contributed by atoms with E-state index in [-0.39, 0.29) is 12.3 Å². The van der Waals surface area contributed by atoms with Crippen molar-refractivity contribution in [1.82, 2.24) is 0 Å². The minimum absolute atomic E-state index is 0.275. The molecule has 0 bridgehead atoms. The van der Waals surface area contributed by atoms with Crippen molar-refractivity contribution < 1.29 is 9.90 Å². The number of hydrogen-bond acceptors (Lipinski definition) is 1. The number of aliphatic carboxylic acids is 1. The third kappa shape index (κ3) is 8.54. The average molecular weight is 256 g/mol. The lowest BCUT2D eigenvalue weighted by Crippen LogP contribution is -2.32. The molecule has 0 aromatic heterocycles. The molecule has 2 heteroatoms. The third-order valence-electron chi connectivity index (χ3n) is 3.34. The van der Waals surface area contributed by atoms with E-state index in [9.17, 15) is 4.79 Å². The Morgan fingerprint density at radius 2 is 1.56 bits per heavy atom. The first-order valence-corrected chi connectivity index (χ1v) is 7.15. The van der Waals surface area contributed by atoms with Crippen LogP contribution in [0.25, 0.3) is 0 Å². The minimum atomic E-state index is -0.713. The maximum absolute atomic E-state index is 9.81. The molecule has 108 valence electrons. The second-order valence-corrected chi connectivity index (χ2v) is 8.01. The molecule has 0 aromatic carbocycles. The van der Waals surface area contributed by atoms with Crippen LogP contribution in [0.5, 0.6) is 0 Å². The van der Waals surface area contributed by atoms with Crippen molar-refractivity contribution in [1.29, 1.82) is 0 Å². The number of carboxylic acid groups (broad SMARTS) is 1. The van der Waals surface area contributed by atoms with Gasteiger partial charge in [-0.2, -0.15) is 0 Å². The first kappa shape index (κ1) is 17.5. The van der Waals surface area contributed by atoms with Crippen LogP contribution in [0.2, 0.25) is 0 Å². The van der Waals surface area contributed by atoms with Gasteiger partial charge in [0.25, 0.3) is 0 Å². The van der Waals surface area contributed by atoms with Crippen molar-refractivity contribution in [2.45, 2.75) is 74.1 Å². The highest BCUT2D eigenvalue weighted by molar-refractivity contribution is 5.66. The molecule has 0 heterocycles. The summed E-state index contributed by atoms with van der Waals surface area (Å²) in [6, 6.07) is 0. The van der Waals surface area contributed by atoms with Crippen LogP contribution in [-0.4, -0.2) is 11.1 Å². The van der Waals surface area contributed by atoms with Gasteiger partial charge in [-0.25, -0.2) is 0 Å². The Balaban J connectivity index is 0.000000360. The van der Waals surface area contributed by atoms with Gasteiger partial charge in [-0.05, 0) is 41.9 Å². The van der Waals surface area contributed by atoms with Crippen molar-refractivity contribution in [3.05, 3.63) is 0 Å². The van der Waals surface area contributed by atoms with Crippen LogP contribution in [0.4, 0.5) is 0 Å². The normalized spacial score (nSPS) is 22.2. The molecule has 0 saturated heterocycles. The number of carboxylic acids is 1. The summed E-state index contributed by atoms with van der Waals surface area (Å²) in [6.07, 6.45) is 4.50. The van der Waals surface area contributed by atoms with E-state index in [0.717, 1.165) is 5.92 Å². The van der Waals surface area contributed by atoms with Crippen molar-refractivity contribution in [3.8, 4) is 0 Å². The lowest BCUT2D eigenvalue weighted by atomic mass is 9.62. The number of rotatable bonds is 2. The zero-order valence-corrected chi connectivity index (χ0v) is 13.3. The fourth-order valence-corrected chi connectivity index (χ4v) is 3.75. The molecule has 1 rings (SSSR count). The molecular formula is C16H32O2. The molecule has 18 heavy (non-hydrogen) atoms. The van der Waals surface area contributed by atoms with Gasteiger partial charge in [0.05, 0.1) is 0 Å². The summed E-state index contributed by atoms with van der Waals surface area (Å²) < 4.78 is 0. The van der Waals surface area contributed by atoms with Gasteiger partial charge >= 0.3 is 5.97 Å². The van der Waals surface area contributed by atoms with E-state index >= 15 is 0 Å². The summed E-state index contributed by atoms with van der Waals surface area (Å²) in [6.45, 7) is 15.8. The summed E-state index contributed by atoms with van der Waals surface area (Å²) in [7, 11) is 0. The first-order chi connectivity index (χ1) is 7.93. The number of carbonyl (C=O) groups is 1. The van der Waals surface area contributed by atoms with Gasteiger partial charge in [0.1, 0.15) is 0 Å². The van der Waals surface area contributed by atoms with Gasteiger partial charge < -0.3 is 5.11 Å². The van der Waals surface area contributed by atoms with Crippen LogP contribution in [0.1, 0.15) is 74.1 Å². The Morgan fingerprint density at radius 1 is 1.17 bits per heavy atom. The van der Waals surface area contributed by atoms with E-state index in [1.165, 1.54) is 19.3 Å². The van der Waals surface area contributed by atoms with Crippen molar-refractivity contribution in [3.63, 3.8) is 0 Å². The quantitative estimate of drug-likeness (QED) is 0.757. The van der Waals surface area contributed by atoms with Gasteiger partial charge in [0.15, 0.2) is 0 Å². The van der Waals surface area contributed by atoms with Crippen LogP contribution in [0, 0.1) is 22.7 Å². The van der Waals surface area contributed by atoms with Crippen LogP contribution < -0.4 is 0 Å². The third-order valence-corrected chi connectivity index (χ3v) is 3.34.